The minimum absolute atomic E-state index is 0.141. The van der Waals surface area contributed by atoms with E-state index in [1.54, 1.807) is 12.4 Å². The Bertz CT molecular complexity index is 1530. The van der Waals surface area contributed by atoms with E-state index in [1.165, 1.54) is 0 Å². The summed E-state index contributed by atoms with van der Waals surface area (Å²) in [5.74, 6) is 2.02. The van der Waals surface area contributed by atoms with E-state index >= 15 is 0 Å². The molecule has 6 rings (SSSR count). The van der Waals surface area contributed by atoms with Crippen molar-refractivity contribution in [3.05, 3.63) is 150 Å². The van der Waals surface area contributed by atoms with Crippen LogP contribution in [0.1, 0.15) is 34.8 Å². The van der Waals surface area contributed by atoms with Crippen molar-refractivity contribution in [3.8, 4) is 11.5 Å². The Kier molecular flexibility index (Phi) is 7.25. The molecule has 3 aromatic carbocycles. The van der Waals surface area contributed by atoms with Gasteiger partial charge in [-0.15, -0.1) is 0 Å². The molecule has 0 saturated heterocycles. The van der Waals surface area contributed by atoms with E-state index in [4.69, 9.17) is 19.6 Å². The summed E-state index contributed by atoms with van der Waals surface area (Å²) in [5, 5.41) is 6.94. The fourth-order valence-corrected chi connectivity index (χ4v) is 4.56. The molecule has 0 radical (unpaired) electrons. The van der Waals surface area contributed by atoms with Gasteiger partial charge in [0, 0.05) is 18.7 Å². The molecule has 3 heterocycles. The molecule has 0 amide bonds. The quantitative estimate of drug-likeness (QED) is 0.213. The Balaban J connectivity index is 1.32. The fraction of sp³-hybridized carbons (Fsp3) is 0.121. The summed E-state index contributed by atoms with van der Waals surface area (Å²) in [6.45, 7) is 0.848. The van der Waals surface area contributed by atoms with Crippen LogP contribution < -0.4 is 14.5 Å². The van der Waals surface area contributed by atoms with Crippen LogP contribution >= 0.6 is 0 Å². The molecule has 6 nitrogen and oxygen atoms in total. The minimum atomic E-state index is -0.141. The van der Waals surface area contributed by atoms with Gasteiger partial charge in [0.2, 0.25) is 0 Å². The van der Waals surface area contributed by atoms with Crippen molar-refractivity contribution in [1.29, 1.82) is 0 Å². The molecular formula is C33H28N4O2. The van der Waals surface area contributed by atoms with E-state index in [2.05, 4.69) is 17.1 Å². The normalized spacial score (nSPS) is 14.6. The number of aromatic nitrogens is 2. The maximum atomic E-state index is 6.33. The highest BCUT2D eigenvalue weighted by molar-refractivity contribution is 6.03. The average Bonchev–Trinajstić information content (AvgIpc) is 3.47. The van der Waals surface area contributed by atoms with Crippen LogP contribution in [-0.4, -0.2) is 15.7 Å². The number of ether oxygens (including phenoxy) is 2. The van der Waals surface area contributed by atoms with Gasteiger partial charge in [0.15, 0.2) is 11.5 Å². The third-order valence-electron chi connectivity index (χ3n) is 6.57. The topological polar surface area (TPSA) is 59.8 Å². The second-order valence-corrected chi connectivity index (χ2v) is 9.27. The van der Waals surface area contributed by atoms with Crippen molar-refractivity contribution in [3.63, 3.8) is 0 Å². The molecule has 0 N–H and O–H groups in total. The maximum absolute atomic E-state index is 6.33. The van der Waals surface area contributed by atoms with Gasteiger partial charge in [-0.3, -0.25) is 4.98 Å². The molecule has 1 aliphatic heterocycles. The van der Waals surface area contributed by atoms with Crippen LogP contribution in [0.15, 0.2) is 133 Å². The number of hydrazone groups is 1. The first kappa shape index (κ1) is 24.4. The van der Waals surface area contributed by atoms with E-state index in [0.717, 1.165) is 33.9 Å². The van der Waals surface area contributed by atoms with Crippen LogP contribution in [0.2, 0.25) is 0 Å². The predicted molar refractivity (Wildman–Crippen MR) is 153 cm³/mol. The Hall–Kier alpha value is -4.97. The lowest BCUT2D eigenvalue weighted by atomic mass is 10.0. The molecule has 1 unspecified atom stereocenters. The molecule has 2 aromatic heterocycles. The zero-order valence-electron chi connectivity index (χ0n) is 21.4. The number of rotatable bonds is 9. The highest BCUT2D eigenvalue weighted by atomic mass is 16.5. The zero-order chi connectivity index (χ0) is 26.3. The number of hydrogen-bond acceptors (Lipinski definition) is 6. The number of anilines is 1. The summed E-state index contributed by atoms with van der Waals surface area (Å²) < 4.78 is 12.5. The van der Waals surface area contributed by atoms with E-state index < -0.39 is 0 Å². The standard InChI is InChI=1S/C33H28N4O2/c1-4-12-25(13-5-1)23-38-31-21-29(35-22-32(31)39-24-26-14-6-2-7-15-26)30-20-28(27-16-8-3-9-17-27)36-37(30)33-18-10-11-19-34-33/h1-19,21-22,30H,20,23-24H2. The molecule has 1 atom stereocenters. The maximum Gasteiger partial charge on any atom is 0.179 e. The summed E-state index contributed by atoms with van der Waals surface area (Å²) in [4.78, 5) is 9.42. The lowest BCUT2D eigenvalue weighted by Crippen LogP contribution is -2.20. The van der Waals surface area contributed by atoms with Crippen molar-refractivity contribution < 1.29 is 9.47 Å². The zero-order valence-corrected chi connectivity index (χ0v) is 21.4. The molecule has 0 spiro atoms. The lowest BCUT2D eigenvalue weighted by Gasteiger charge is -2.23. The largest absolute Gasteiger partial charge is 0.485 e. The number of benzene rings is 3. The summed E-state index contributed by atoms with van der Waals surface area (Å²) in [7, 11) is 0. The summed E-state index contributed by atoms with van der Waals surface area (Å²) in [5.41, 5.74) is 5.07. The molecule has 192 valence electrons. The highest BCUT2D eigenvalue weighted by Crippen LogP contribution is 2.38. The second-order valence-electron chi connectivity index (χ2n) is 9.27. The lowest BCUT2D eigenvalue weighted by molar-refractivity contribution is 0.254. The van der Waals surface area contributed by atoms with Gasteiger partial charge in [-0.25, -0.2) is 9.99 Å². The molecule has 6 heteroatoms. The van der Waals surface area contributed by atoms with Crippen molar-refractivity contribution in [1.82, 2.24) is 9.97 Å². The monoisotopic (exact) mass is 512 g/mol. The molecule has 1 aliphatic rings. The summed E-state index contributed by atoms with van der Waals surface area (Å²) in [6.07, 6.45) is 4.23. The van der Waals surface area contributed by atoms with Gasteiger partial charge in [-0.05, 0) is 28.8 Å². The molecule has 39 heavy (non-hydrogen) atoms. The fourth-order valence-electron chi connectivity index (χ4n) is 4.56. The van der Waals surface area contributed by atoms with Crippen LogP contribution in [0, 0.1) is 0 Å². The van der Waals surface area contributed by atoms with Gasteiger partial charge in [0.05, 0.1) is 17.6 Å². The van der Waals surface area contributed by atoms with E-state index in [-0.39, 0.29) is 6.04 Å². The molecule has 0 aliphatic carbocycles. The SMILES string of the molecule is c1ccc(COc2cnc(C3CC(c4ccccc4)=NN3c3ccccn3)cc2OCc2ccccc2)cc1. The molecule has 0 fully saturated rings. The van der Waals surface area contributed by atoms with Gasteiger partial charge < -0.3 is 9.47 Å². The Morgan fingerprint density at radius 2 is 1.28 bits per heavy atom. The first-order valence-electron chi connectivity index (χ1n) is 13.0. The van der Waals surface area contributed by atoms with E-state index in [1.807, 2.05) is 108 Å². The summed E-state index contributed by atoms with van der Waals surface area (Å²) >= 11 is 0. The van der Waals surface area contributed by atoms with Crippen LogP contribution in [0.25, 0.3) is 0 Å². The van der Waals surface area contributed by atoms with Crippen LogP contribution in [0.4, 0.5) is 5.82 Å². The first-order chi connectivity index (χ1) is 19.3. The third kappa shape index (κ3) is 5.80. The highest BCUT2D eigenvalue weighted by Gasteiger charge is 2.32. The second kappa shape index (κ2) is 11.6. The molecular weight excluding hydrogens is 484 g/mol. The van der Waals surface area contributed by atoms with Crippen molar-refractivity contribution in [2.45, 2.75) is 25.7 Å². The van der Waals surface area contributed by atoms with Gasteiger partial charge >= 0.3 is 0 Å². The Morgan fingerprint density at radius 1 is 0.667 bits per heavy atom. The minimum Gasteiger partial charge on any atom is -0.485 e. The molecule has 5 aromatic rings. The van der Waals surface area contributed by atoms with Crippen LogP contribution in [0.3, 0.4) is 0 Å². The summed E-state index contributed by atoms with van der Waals surface area (Å²) in [6, 6.07) is 38.1. The number of pyridine rings is 2. The average molecular weight is 513 g/mol. The molecule has 0 bridgehead atoms. The Morgan fingerprint density at radius 3 is 1.92 bits per heavy atom. The van der Waals surface area contributed by atoms with Crippen molar-refractivity contribution in [2.75, 3.05) is 5.01 Å². The van der Waals surface area contributed by atoms with Gasteiger partial charge in [-0.1, -0.05) is 97.1 Å². The van der Waals surface area contributed by atoms with Gasteiger partial charge in [0.1, 0.15) is 25.1 Å². The van der Waals surface area contributed by atoms with Crippen molar-refractivity contribution in [2.24, 2.45) is 5.10 Å². The van der Waals surface area contributed by atoms with E-state index in [0.29, 0.717) is 31.1 Å². The molecule has 0 saturated carbocycles. The van der Waals surface area contributed by atoms with Crippen LogP contribution in [0.5, 0.6) is 11.5 Å². The Labute approximate surface area is 228 Å². The smallest absolute Gasteiger partial charge is 0.179 e. The van der Waals surface area contributed by atoms with Crippen LogP contribution in [-0.2, 0) is 13.2 Å². The van der Waals surface area contributed by atoms with Crippen molar-refractivity contribution >= 4 is 11.5 Å². The third-order valence-corrected chi connectivity index (χ3v) is 6.57. The number of hydrogen-bond donors (Lipinski definition) is 0. The first-order valence-corrected chi connectivity index (χ1v) is 13.0. The predicted octanol–water partition coefficient (Wildman–Crippen LogP) is 6.99. The van der Waals surface area contributed by atoms with E-state index in [9.17, 15) is 0 Å². The van der Waals surface area contributed by atoms with Gasteiger partial charge in [-0.2, -0.15) is 5.10 Å². The van der Waals surface area contributed by atoms with Gasteiger partial charge in [0.25, 0.3) is 0 Å². The number of nitrogens with zero attached hydrogens (tertiary/aromatic N) is 4.